The second-order valence-electron chi connectivity index (χ2n) is 9.12. The Bertz CT molecular complexity index is 1400. The van der Waals surface area contributed by atoms with Crippen LogP contribution in [0.1, 0.15) is 58.6 Å². The Hall–Kier alpha value is -3.41. The van der Waals surface area contributed by atoms with Gasteiger partial charge in [-0.25, -0.2) is 0 Å². The molecule has 2 N–H and O–H groups in total. The molecule has 0 aliphatic carbocycles. The molecule has 0 saturated carbocycles. The lowest BCUT2D eigenvalue weighted by Gasteiger charge is -2.24. The summed E-state index contributed by atoms with van der Waals surface area (Å²) in [5.41, 5.74) is 5.48. The van der Waals surface area contributed by atoms with E-state index in [9.17, 15) is 18.1 Å². The van der Waals surface area contributed by atoms with E-state index in [2.05, 4.69) is 19.1 Å². The zero-order valence-corrected chi connectivity index (χ0v) is 20.7. The monoisotopic (exact) mass is 486 g/mol. The fraction of sp³-hybridized carbons (Fsp3) is 0.200. The minimum absolute atomic E-state index is 0.136. The van der Waals surface area contributed by atoms with E-state index in [4.69, 9.17) is 0 Å². The van der Waals surface area contributed by atoms with Crippen LogP contribution in [0.25, 0.3) is 0 Å². The highest BCUT2D eigenvalue weighted by atomic mass is 32.2. The van der Waals surface area contributed by atoms with Crippen LogP contribution in [0.2, 0.25) is 0 Å². The van der Waals surface area contributed by atoms with Crippen LogP contribution in [0, 0.1) is 6.92 Å². The maximum Gasteiger partial charge on any atom is 0.298 e. The molecular formula is C30H30O4S. The lowest BCUT2D eigenvalue weighted by molar-refractivity contribution is 0.438. The summed E-state index contributed by atoms with van der Waals surface area (Å²) in [5.74, 6) is -0.338. The van der Waals surface area contributed by atoms with E-state index < -0.39 is 20.8 Å². The molecule has 4 aromatic carbocycles. The SMILES string of the molecule is Cc1ccccc1Cc1cc(C(CC(C)c2ccccc2)c2ccccc2)cc(S(=O)(=O)O)c1O. The van der Waals surface area contributed by atoms with Gasteiger partial charge in [0.05, 0.1) is 0 Å². The lowest BCUT2D eigenvalue weighted by Crippen LogP contribution is -2.10. The third kappa shape index (κ3) is 5.81. The molecule has 0 aliphatic rings. The van der Waals surface area contributed by atoms with Crippen molar-refractivity contribution in [2.45, 2.75) is 43.4 Å². The van der Waals surface area contributed by atoms with Crippen molar-refractivity contribution in [2.24, 2.45) is 0 Å². The Morgan fingerprint density at radius 2 is 1.31 bits per heavy atom. The summed E-state index contributed by atoms with van der Waals surface area (Å²) in [6, 6.07) is 31.2. The minimum Gasteiger partial charge on any atom is -0.506 e. The molecule has 0 amide bonds. The summed E-state index contributed by atoms with van der Waals surface area (Å²) in [5, 5.41) is 10.9. The van der Waals surface area contributed by atoms with E-state index in [0.29, 0.717) is 12.0 Å². The molecule has 0 radical (unpaired) electrons. The lowest BCUT2D eigenvalue weighted by atomic mass is 9.81. The number of hydrogen-bond donors (Lipinski definition) is 2. The van der Waals surface area contributed by atoms with Crippen molar-refractivity contribution in [1.29, 1.82) is 0 Å². The van der Waals surface area contributed by atoms with Crippen molar-refractivity contribution in [2.75, 3.05) is 0 Å². The highest BCUT2D eigenvalue weighted by Crippen LogP contribution is 2.39. The molecule has 35 heavy (non-hydrogen) atoms. The summed E-state index contributed by atoms with van der Waals surface area (Å²) in [4.78, 5) is -0.452. The van der Waals surface area contributed by atoms with E-state index in [1.807, 2.05) is 85.8 Å². The van der Waals surface area contributed by atoms with Gasteiger partial charge in [-0.3, -0.25) is 4.55 Å². The van der Waals surface area contributed by atoms with E-state index in [1.54, 1.807) is 0 Å². The number of phenolic OH excluding ortho intramolecular Hbond substituents is 1. The molecule has 0 spiro atoms. The first-order valence-corrected chi connectivity index (χ1v) is 13.2. The Morgan fingerprint density at radius 1 is 0.743 bits per heavy atom. The molecular weight excluding hydrogens is 456 g/mol. The van der Waals surface area contributed by atoms with Gasteiger partial charge < -0.3 is 5.11 Å². The van der Waals surface area contributed by atoms with Gasteiger partial charge in [-0.15, -0.1) is 0 Å². The number of aromatic hydroxyl groups is 1. The van der Waals surface area contributed by atoms with Crippen molar-refractivity contribution in [1.82, 2.24) is 0 Å². The summed E-state index contributed by atoms with van der Waals surface area (Å²) in [6.07, 6.45) is 1.08. The molecule has 5 heteroatoms. The fourth-order valence-electron chi connectivity index (χ4n) is 4.66. The van der Waals surface area contributed by atoms with Crippen molar-refractivity contribution in [3.63, 3.8) is 0 Å². The van der Waals surface area contributed by atoms with Crippen LogP contribution < -0.4 is 0 Å². The van der Waals surface area contributed by atoms with Crippen molar-refractivity contribution >= 4 is 10.1 Å². The molecule has 4 rings (SSSR count). The first-order valence-electron chi connectivity index (χ1n) is 11.7. The topological polar surface area (TPSA) is 74.6 Å². The highest BCUT2D eigenvalue weighted by molar-refractivity contribution is 7.86. The molecule has 0 heterocycles. The standard InChI is InChI=1S/C30H30O4S/c1-21-11-9-10-16-25(21)18-27-19-26(20-29(30(27)31)35(32,33)34)28(24-14-7-4-8-15-24)17-22(2)23-12-5-3-6-13-23/h3-16,19-20,22,28,31H,17-18H2,1-2H3,(H,32,33,34). The number of phenols is 1. The zero-order chi connectivity index (χ0) is 25.0. The van der Waals surface area contributed by atoms with E-state index >= 15 is 0 Å². The second-order valence-corrected chi connectivity index (χ2v) is 10.5. The van der Waals surface area contributed by atoms with Gasteiger partial charge in [0.1, 0.15) is 10.6 Å². The second kappa shape index (κ2) is 10.5. The van der Waals surface area contributed by atoms with Crippen molar-refractivity contribution in [3.05, 3.63) is 130 Å². The third-order valence-corrected chi connectivity index (χ3v) is 7.53. The van der Waals surface area contributed by atoms with Crippen LogP contribution in [-0.2, 0) is 16.5 Å². The highest BCUT2D eigenvalue weighted by Gasteiger charge is 2.25. The Kier molecular flexibility index (Phi) is 7.39. The van der Waals surface area contributed by atoms with Crippen LogP contribution in [0.3, 0.4) is 0 Å². The van der Waals surface area contributed by atoms with Gasteiger partial charge in [0.2, 0.25) is 0 Å². The Labute approximate surface area is 207 Å². The smallest absolute Gasteiger partial charge is 0.298 e. The first kappa shape index (κ1) is 24.7. The quantitative estimate of drug-likeness (QED) is 0.267. The summed E-state index contributed by atoms with van der Waals surface area (Å²) < 4.78 is 34.5. The van der Waals surface area contributed by atoms with Gasteiger partial charge in [-0.2, -0.15) is 8.42 Å². The van der Waals surface area contributed by atoms with Gasteiger partial charge in [0.25, 0.3) is 10.1 Å². The average molecular weight is 487 g/mol. The van der Waals surface area contributed by atoms with Crippen LogP contribution in [0.5, 0.6) is 5.75 Å². The summed E-state index contributed by atoms with van der Waals surface area (Å²) in [7, 11) is -4.63. The van der Waals surface area contributed by atoms with Crippen LogP contribution in [-0.4, -0.2) is 18.1 Å². The summed E-state index contributed by atoms with van der Waals surface area (Å²) in [6.45, 7) is 4.14. The van der Waals surface area contributed by atoms with E-state index in [-0.39, 0.29) is 11.8 Å². The zero-order valence-electron chi connectivity index (χ0n) is 19.9. The van der Waals surface area contributed by atoms with Gasteiger partial charge in [-0.05, 0) is 58.7 Å². The molecule has 0 aliphatic heterocycles. The molecule has 0 bridgehead atoms. The minimum atomic E-state index is -4.63. The first-order chi connectivity index (χ1) is 16.7. The molecule has 0 saturated heterocycles. The van der Waals surface area contributed by atoms with Crippen molar-refractivity contribution in [3.8, 4) is 5.75 Å². The van der Waals surface area contributed by atoms with Gasteiger partial charge >= 0.3 is 0 Å². The molecule has 180 valence electrons. The van der Waals surface area contributed by atoms with Crippen LogP contribution >= 0.6 is 0 Å². The van der Waals surface area contributed by atoms with E-state index in [1.165, 1.54) is 11.6 Å². The maximum atomic E-state index is 12.3. The largest absolute Gasteiger partial charge is 0.506 e. The number of benzene rings is 4. The average Bonchev–Trinajstić information content (AvgIpc) is 2.85. The predicted molar refractivity (Wildman–Crippen MR) is 140 cm³/mol. The van der Waals surface area contributed by atoms with E-state index in [0.717, 1.165) is 28.7 Å². The van der Waals surface area contributed by atoms with Gasteiger partial charge in [0.15, 0.2) is 0 Å². The Morgan fingerprint density at radius 3 is 1.91 bits per heavy atom. The molecule has 4 nitrogen and oxygen atoms in total. The normalized spacial score (nSPS) is 13.3. The number of hydrogen-bond acceptors (Lipinski definition) is 3. The molecule has 4 aromatic rings. The molecule has 2 atom stereocenters. The molecule has 0 aromatic heterocycles. The van der Waals surface area contributed by atoms with Crippen LogP contribution in [0.15, 0.2) is 102 Å². The maximum absolute atomic E-state index is 12.3. The van der Waals surface area contributed by atoms with Crippen LogP contribution in [0.4, 0.5) is 0 Å². The molecule has 2 unspecified atom stereocenters. The molecule has 0 fully saturated rings. The third-order valence-electron chi connectivity index (χ3n) is 6.66. The fourth-order valence-corrected chi connectivity index (χ4v) is 5.32. The summed E-state index contributed by atoms with van der Waals surface area (Å²) >= 11 is 0. The Balaban J connectivity index is 1.85. The van der Waals surface area contributed by atoms with Crippen molar-refractivity contribution < 1.29 is 18.1 Å². The number of aryl methyl sites for hydroxylation is 1. The predicted octanol–water partition coefficient (Wildman–Crippen LogP) is 6.86. The van der Waals surface area contributed by atoms with Gasteiger partial charge in [0, 0.05) is 12.3 Å². The number of rotatable bonds is 8. The van der Waals surface area contributed by atoms with Gasteiger partial charge in [-0.1, -0.05) is 97.9 Å².